The summed E-state index contributed by atoms with van der Waals surface area (Å²) in [4.78, 5) is 41.2. The normalized spacial score (nSPS) is 16.9. The molecule has 2 N–H and O–H groups in total. The van der Waals surface area contributed by atoms with Gasteiger partial charge in [-0.2, -0.15) is 0 Å². The third kappa shape index (κ3) is 9.42. The van der Waals surface area contributed by atoms with Crippen LogP contribution in [0.2, 0.25) is 0 Å². The molecular weight excluding hydrogens is 420 g/mol. The lowest BCUT2D eigenvalue weighted by Crippen LogP contribution is -2.45. The molecule has 0 aromatic heterocycles. The van der Waals surface area contributed by atoms with Crippen molar-refractivity contribution >= 4 is 23.6 Å². The summed E-state index contributed by atoms with van der Waals surface area (Å²) in [5.74, 6) is 0.276. The van der Waals surface area contributed by atoms with Crippen molar-refractivity contribution in [2.24, 2.45) is 11.8 Å². The van der Waals surface area contributed by atoms with Crippen LogP contribution in [0.4, 0.5) is 10.5 Å². The number of anilines is 1. The van der Waals surface area contributed by atoms with Gasteiger partial charge in [-0.25, -0.2) is 4.79 Å². The number of rotatable bonds is 8. The van der Waals surface area contributed by atoms with Gasteiger partial charge in [0, 0.05) is 26.7 Å². The molecule has 1 aliphatic heterocycles. The SMILES string of the molecule is CC(C)CNC(=O)c1ccccc1NC(=O)CN1CCCC(CN(C)C(=O)OC(C)(C)C)C1. The van der Waals surface area contributed by atoms with Crippen molar-refractivity contribution in [3.63, 3.8) is 0 Å². The monoisotopic (exact) mass is 460 g/mol. The number of hydrogen-bond acceptors (Lipinski definition) is 5. The quantitative estimate of drug-likeness (QED) is 0.619. The van der Waals surface area contributed by atoms with Gasteiger partial charge in [0.1, 0.15) is 5.60 Å². The first-order valence-corrected chi connectivity index (χ1v) is 11.8. The van der Waals surface area contributed by atoms with Gasteiger partial charge in [0.2, 0.25) is 5.91 Å². The fourth-order valence-electron chi connectivity index (χ4n) is 3.82. The van der Waals surface area contributed by atoms with Crippen molar-refractivity contribution in [3.05, 3.63) is 29.8 Å². The summed E-state index contributed by atoms with van der Waals surface area (Å²) in [5, 5.41) is 5.80. The van der Waals surface area contributed by atoms with Crippen molar-refractivity contribution in [1.82, 2.24) is 15.1 Å². The van der Waals surface area contributed by atoms with E-state index in [0.717, 1.165) is 25.9 Å². The van der Waals surface area contributed by atoms with Crippen LogP contribution in [0.3, 0.4) is 0 Å². The molecule has 1 saturated heterocycles. The molecular formula is C25H40N4O4. The second-order valence-electron chi connectivity index (χ2n) is 10.3. The molecule has 8 nitrogen and oxygen atoms in total. The molecule has 8 heteroatoms. The van der Waals surface area contributed by atoms with Crippen molar-refractivity contribution in [2.75, 3.05) is 45.1 Å². The molecule has 184 valence electrons. The lowest BCUT2D eigenvalue weighted by atomic mass is 9.97. The van der Waals surface area contributed by atoms with Crippen LogP contribution in [-0.4, -0.2) is 73.1 Å². The lowest BCUT2D eigenvalue weighted by molar-refractivity contribution is -0.117. The Hall–Kier alpha value is -2.61. The Morgan fingerprint density at radius 1 is 1.21 bits per heavy atom. The van der Waals surface area contributed by atoms with E-state index < -0.39 is 5.60 Å². The van der Waals surface area contributed by atoms with Gasteiger partial charge >= 0.3 is 6.09 Å². The molecule has 1 heterocycles. The van der Waals surface area contributed by atoms with Crippen molar-refractivity contribution in [2.45, 2.75) is 53.1 Å². The number of likely N-dealkylation sites (tertiary alicyclic amines) is 1. The number of hydrogen-bond donors (Lipinski definition) is 2. The standard InChI is InChI=1S/C25H40N4O4/c1-18(2)14-26-23(31)20-11-7-8-12-21(20)27-22(30)17-29-13-9-10-19(16-29)15-28(6)24(32)33-25(3,4)5/h7-8,11-12,18-19H,9-10,13-17H2,1-6H3,(H,26,31)(H,27,30). The first kappa shape index (κ1) is 26.6. The minimum atomic E-state index is -0.524. The number of amides is 3. The Bertz CT molecular complexity index is 819. The van der Waals surface area contributed by atoms with E-state index in [1.807, 2.05) is 34.6 Å². The molecule has 1 aliphatic rings. The molecule has 0 bridgehead atoms. The number of piperidine rings is 1. The molecule has 33 heavy (non-hydrogen) atoms. The highest BCUT2D eigenvalue weighted by molar-refractivity contribution is 6.04. The molecule has 1 unspecified atom stereocenters. The van der Waals surface area contributed by atoms with Gasteiger partial charge in [0.25, 0.3) is 5.91 Å². The third-order valence-corrected chi connectivity index (χ3v) is 5.32. The van der Waals surface area contributed by atoms with Gasteiger partial charge in [0.05, 0.1) is 17.8 Å². The maximum Gasteiger partial charge on any atom is 0.410 e. The Balaban J connectivity index is 1.89. The average Bonchev–Trinajstić information content (AvgIpc) is 2.71. The van der Waals surface area contributed by atoms with Gasteiger partial charge in [-0.15, -0.1) is 0 Å². The van der Waals surface area contributed by atoms with Gasteiger partial charge in [0.15, 0.2) is 0 Å². The van der Waals surface area contributed by atoms with Gasteiger partial charge in [-0.05, 0) is 64.1 Å². The second kappa shape index (κ2) is 12.0. The molecule has 0 spiro atoms. The molecule has 1 aromatic rings. The van der Waals surface area contributed by atoms with E-state index in [9.17, 15) is 14.4 Å². The summed E-state index contributed by atoms with van der Waals surface area (Å²) < 4.78 is 5.44. The molecule has 2 rings (SSSR count). The van der Waals surface area contributed by atoms with Crippen LogP contribution in [0.5, 0.6) is 0 Å². The fourth-order valence-corrected chi connectivity index (χ4v) is 3.82. The summed E-state index contributed by atoms with van der Waals surface area (Å²) in [7, 11) is 1.75. The Kier molecular flexibility index (Phi) is 9.70. The van der Waals surface area contributed by atoms with E-state index in [1.54, 1.807) is 36.2 Å². The summed E-state index contributed by atoms with van der Waals surface area (Å²) >= 11 is 0. The zero-order valence-electron chi connectivity index (χ0n) is 20.9. The molecule has 1 atom stereocenters. The number of carbonyl (C=O) groups excluding carboxylic acids is 3. The van der Waals surface area contributed by atoms with E-state index in [-0.39, 0.29) is 30.4 Å². The van der Waals surface area contributed by atoms with E-state index in [4.69, 9.17) is 4.74 Å². The van der Waals surface area contributed by atoms with Crippen LogP contribution in [0.1, 0.15) is 57.8 Å². The number of carbonyl (C=O) groups is 3. The summed E-state index contributed by atoms with van der Waals surface area (Å²) in [6.07, 6.45) is 1.64. The summed E-state index contributed by atoms with van der Waals surface area (Å²) in [6.45, 7) is 12.6. The van der Waals surface area contributed by atoms with Crippen LogP contribution >= 0.6 is 0 Å². The largest absolute Gasteiger partial charge is 0.444 e. The molecule has 0 radical (unpaired) electrons. The van der Waals surface area contributed by atoms with Gasteiger partial charge < -0.3 is 20.3 Å². The van der Waals surface area contributed by atoms with Crippen molar-refractivity contribution in [1.29, 1.82) is 0 Å². The zero-order valence-corrected chi connectivity index (χ0v) is 20.9. The predicted octanol–water partition coefficient (Wildman–Crippen LogP) is 3.59. The maximum atomic E-state index is 12.7. The topological polar surface area (TPSA) is 91.0 Å². The lowest BCUT2D eigenvalue weighted by Gasteiger charge is -2.34. The highest BCUT2D eigenvalue weighted by atomic mass is 16.6. The van der Waals surface area contributed by atoms with Crippen LogP contribution in [-0.2, 0) is 9.53 Å². The van der Waals surface area contributed by atoms with Crippen molar-refractivity contribution < 1.29 is 19.1 Å². The molecule has 1 aromatic carbocycles. The zero-order chi connectivity index (χ0) is 24.6. The maximum absolute atomic E-state index is 12.7. The number of benzene rings is 1. The first-order valence-electron chi connectivity index (χ1n) is 11.8. The summed E-state index contributed by atoms with van der Waals surface area (Å²) in [6, 6.07) is 7.06. The third-order valence-electron chi connectivity index (χ3n) is 5.32. The highest BCUT2D eigenvalue weighted by Gasteiger charge is 2.26. The number of ether oxygens (including phenoxy) is 1. The number of nitrogens with one attached hydrogen (secondary N) is 2. The molecule has 1 fully saturated rings. The average molecular weight is 461 g/mol. The number of para-hydroxylation sites is 1. The summed E-state index contributed by atoms with van der Waals surface area (Å²) in [5.41, 5.74) is 0.452. The minimum Gasteiger partial charge on any atom is -0.444 e. The van der Waals surface area contributed by atoms with E-state index in [2.05, 4.69) is 15.5 Å². The van der Waals surface area contributed by atoms with Crippen LogP contribution in [0, 0.1) is 11.8 Å². The fraction of sp³-hybridized carbons (Fsp3) is 0.640. The van der Waals surface area contributed by atoms with Gasteiger partial charge in [-0.1, -0.05) is 26.0 Å². The van der Waals surface area contributed by atoms with Gasteiger partial charge in [-0.3, -0.25) is 14.5 Å². The second-order valence-corrected chi connectivity index (χ2v) is 10.3. The van der Waals surface area contributed by atoms with E-state index in [1.165, 1.54) is 0 Å². The van der Waals surface area contributed by atoms with Crippen molar-refractivity contribution in [3.8, 4) is 0 Å². The number of nitrogens with zero attached hydrogens (tertiary/aromatic N) is 2. The van der Waals surface area contributed by atoms with E-state index >= 15 is 0 Å². The smallest absolute Gasteiger partial charge is 0.410 e. The molecule has 0 saturated carbocycles. The minimum absolute atomic E-state index is 0.153. The Morgan fingerprint density at radius 2 is 1.91 bits per heavy atom. The van der Waals surface area contributed by atoms with E-state index in [0.29, 0.717) is 30.3 Å². The highest BCUT2D eigenvalue weighted by Crippen LogP contribution is 2.20. The predicted molar refractivity (Wildman–Crippen MR) is 130 cm³/mol. The Labute approximate surface area is 198 Å². The van der Waals surface area contributed by atoms with Crippen LogP contribution in [0.25, 0.3) is 0 Å². The molecule has 3 amide bonds. The Morgan fingerprint density at radius 3 is 2.58 bits per heavy atom. The molecule has 0 aliphatic carbocycles. The van der Waals surface area contributed by atoms with Crippen LogP contribution < -0.4 is 10.6 Å². The first-order chi connectivity index (χ1) is 15.4. The van der Waals surface area contributed by atoms with Crippen LogP contribution in [0.15, 0.2) is 24.3 Å².